The zero-order valence-electron chi connectivity index (χ0n) is 18.2. The molecule has 166 valence electrons. The number of aliphatic hydroxyl groups excluding tert-OH is 1. The van der Waals surface area contributed by atoms with Gasteiger partial charge in [0.15, 0.2) is 0 Å². The minimum Gasteiger partial charge on any atom is -0.387 e. The minimum atomic E-state index is -0.994. The van der Waals surface area contributed by atoms with Crippen LogP contribution in [0.2, 0.25) is 0 Å². The summed E-state index contributed by atoms with van der Waals surface area (Å²) in [5.74, 6) is -0.111. The van der Waals surface area contributed by atoms with Crippen molar-refractivity contribution in [2.45, 2.75) is 38.8 Å². The summed E-state index contributed by atoms with van der Waals surface area (Å²) in [6.45, 7) is 4.59. The number of H-pyrrole nitrogens is 2. The fourth-order valence-corrected chi connectivity index (χ4v) is 4.90. The van der Waals surface area contributed by atoms with Crippen molar-refractivity contribution in [1.29, 1.82) is 0 Å². The van der Waals surface area contributed by atoms with E-state index in [1.54, 1.807) is 29.5 Å². The molecule has 1 saturated heterocycles. The molecule has 2 atom stereocenters. The largest absolute Gasteiger partial charge is 0.387 e. The van der Waals surface area contributed by atoms with Gasteiger partial charge < -0.3 is 20.0 Å². The highest BCUT2D eigenvalue weighted by Crippen LogP contribution is 2.37. The van der Waals surface area contributed by atoms with Gasteiger partial charge in [0.2, 0.25) is 5.91 Å². The molecule has 0 saturated carbocycles. The Morgan fingerprint density at radius 3 is 2.81 bits per heavy atom. The second-order valence-electron chi connectivity index (χ2n) is 9.14. The van der Waals surface area contributed by atoms with Crippen LogP contribution >= 0.6 is 0 Å². The number of amides is 1. The number of aromatic amines is 2. The smallest absolute Gasteiger partial charge is 0.326 e. The highest BCUT2D eigenvalue weighted by atomic mass is 16.3. The van der Waals surface area contributed by atoms with E-state index in [9.17, 15) is 14.7 Å². The maximum absolute atomic E-state index is 13.5. The summed E-state index contributed by atoms with van der Waals surface area (Å²) in [4.78, 5) is 38.6. The summed E-state index contributed by atoms with van der Waals surface area (Å²) in [6.07, 6.45) is 4.14. The summed E-state index contributed by atoms with van der Waals surface area (Å²) in [7, 11) is 0. The van der Waals surface area contributed by atoms with E-state index in [2.05, 4.69) is 15.0 Å². The third kappa shape index (κ3) is 3.22. The molecule has 1 fully saturated rings. The third-order valence-electron chi connectivity index (χ3n) is 6.66. The Hall–Kier alpha value is -3.39. The van der Waals surface area contributed by atoms with Gasteiger partial charge in [0.05, 0.1) is 34.8 Å². The number of benzene rings is 1. The number of pyridine rings is 1. The second kappa shape index (κ2) is 7.63. The molecule has 1 aromatic carbocycles. The number of fused-ring (bicyclic) bond motifs is 3. The molecule has 4 heterocycles. The molecular weight excluding hydrogens is 406 g/mol. The van der Waals surface area contributed by atoms with E-state index < -0.39 is 11.5 Å². The van der Waals surface area contributed by atoms with Gasteiger partial charge in [0.25, 0.3) is 0 Å². The molecular formula is C24H27N5O3. The van der Waals surface area contributed by atoms with Crippen LogP contribution in [-0.4, -0.2) is 48.5 Å². The van der Waals surface area contributed by atoms with E-state index >= 15 is 0 Å². The van der Waals surface area contributed by atoms with Crippen molar-refractivity contribution in [2.75, 3.05) is 13.1 Å². The number of rotatable bonds is 4. The Kier molecular flexibility index (Phi) is 4.89. The number of imidazole rings is 1. The Morgan fingerprint density at radius 2 is 2.03 bits per heavy atom. The van der Waals surface area contributed by atoms with E-state index in [1.165, 1.54) is 0 Å². The van der Waals surface area contributed by atoms with Crippen LogP contribution in [0.3, 0.4) is 0 Å². The Labute approximate surface area is 184 Å². The Morgan fingerprint density at radius 1 is 1.25 bits per heavy atom. The first-order valence-electron chi connectivity index (χ1n) is 11.0. The monoisotopic (exact) mass is 433 g/mol. The maximum atomic E-state index is 13.5. The lowest BCUT2D eigenvalue weighted by Gasteiger charge is -2.39. The van der Waals surface area contributed by atoms with Crippen molar-refractivity contribution in [3.8, 4) is 0 Å². The van der Waals surface area contributed by atoms with Crippen LogP contribution in [-0.2, 0) is 4.79 Å². The van der Waals surface area contributed by atoms with Gasteiger partial charge in [-0.3, -0.25) is 9.36 Å². The molecule has 0 spiro atoms. The van der Waals surface area contributed by atoms with Gasteiger partial charge in [0.1, 0.15) is 5.65 Å². The molecule has 3 N–H and O–H groups in total. The molecule has 5 rings (SSSR count). The molecule has 0 radical (unpaired) electrons. The molecule has 8 heteroatoms. The van der Waals surface area contributed by atoms with Crippen LogP contribution in [0.5, 0.6) is 0 Å². The fraction of sp³-hybridized carbons (Fsp3) is 0.375. The first-order chi connectivity index (χ1) is 15.4. The van der Waals surface area contributed by atoms with Crippen LogP contribution in [0, 0.1) is 5.41 Å². The average molecular weight is 434 g/mol. The molecule has 0 bridgehead atoms. The Bertz CT molecular complexity index is 1330. The number of hydrogen-bond donors (Lipinski definition) is 3. The van der Waals surface area contributed by atoms with Crippen molar-refractivity contribution in [1.82, 2.24) is 24.4 Å². The van der Waals surface area contributed by atoms with E-state index in [4.69, 9.17) is 0 Å². The van der Waals surface area contributed by atoms with E-state index in [0.717, 1.165) is 35.0 Å². The predicted octanol–water partition coefficient (Wildman–Crippen LogP) is 3.13. The first-order valence-corrected chi connectivity index (χ1v) is 11.0. The Balaban J connectivity index is 1.46. The first kappa shape index (κ1) is 20.5. The lowest BCUT2D eigenvalue weighted by atomic mass is 9.80. The fourth-order valence-electron chi connectivity index (χ4n) is 4.90. The number of aromatic nitrogens is 4. The highest BCUT2D eigenvalue weighted by molar-refractivity contribution is 6.01. The van der Waals surface area contributed by atoms with Crippen molar-refractivity contribution >= 4 is 28.0 Å². The van der Waals surface area contributed by atoms with Gasteiger partial charge >= 0.3 is 5.69 Å². The van der Waals surface area contributed by atoms with Gasteiger partial charge in [-0.2, -0.15) is 0 Å². The quantitative estimate of drug-likeness (QED) is 0.460. The number of carbonyl (C=O) groups excluding carboxylic acids is 1. The predicted molar refractivity (Wildman–Crippen MR) is 122 cm³/mol. The number of piperidine rings is 1. The van der Waals surface area contributed by atoms with Crippen LogP contribution in [0.15, 0.2) is 53.6 Å². The van der Waals surface area contributed by atoms with Crippen molar-refractivity contribution < 1.29 is 9.90 Å². The number of hydrogen-bond acceptors (Lipinski definition) is 4. The summed E-state index contributed by atoms with van der Waals surface area (Å²) >= 11 is 0. The molecule has 32 heavy (non-hydrogen) atoms. The van der Waals surface area contributed by atoms with Crippen LogP contribution in [0.4, 0.5) is 0 Å². The molecule has 3 aromatic heterocycles. The van der Waals surface area contributed by atoms with E-state index in [-0.39, 0.29) is 17.6 Å². The molecule has 1 aliphatic rings. The van der Waals surface area contributed by atoms with Crippen LogP contribution in [0.25, 0.3) is 22.1 Å². The maximum Gasteiger partial charge on any atom is 0.326 e. The lowest BCUT2D eigenvalue weighted by molar-refractivity contribution is -0.148. The second-order valence-corrected chi connectivity index (χ2v) is 9.14. The van der Waals surface area contributed by atoms with Crippen molar-refractivity contribution in [2.24, 2.45) is 5.41 Å². The molecule has 8 nitrogen and oxygen atoms in total. The standard InChI is InChI=1S/C24H27N5O3/c1-24(2,20(30)15-7-4-3-5-8-15)22(31)28-12-6-9-16(14-28)29-19-17-10-11-25-21(17)26-13-18(19)27-23(29)32/h3-5,7-8,10-11,13,16,20,30H,6,9,12,14H2,1-2H3,(H,25,26)(H,27,32)/t16-,20?/m1/s1. The number of aliphatic hydroxyl groups is 1. The summed E-state index contributed by atoms with van der Waals surface area (Å²) in [5, 5.41) is 11.8. The third-order valence-corrected chi connectivity index (χ3v) is 6.66. The average Bonchev–Trinajstić information content (AvgIpc) is 3.42. The summed E-state index contributed by atoms with van der Waals surface area (Å²) < 4.78 is 1.77. The number of nitrogens with zero attached hydrogens (tertiary/aromatic N) is 3. The topological polar surface area (TPSA) is 107 Å². The highest BCUT2D eigenvalue weighted by Gasteiger charge is 2.41. The molecule has 1 aliphatic heterocycles. The van der Waals surface area contributed by atoms with Gasteiger partial charge in [-0.1, -0.05) is 30.3 Å². The molecule has 1 amide bonds. The van der Waals surface area contributed by atoms with E-state index in [1.807, 2.05) is 42.6 Å². The summed E-state index contributed by atoms with van der Waals surface area (Å²) in [5.41, 5.74) is 1.75. The summed E-state index contributed by atoms with van der Waals surface area (Å²) in [6, 6.07) is 11.0. The lowest BCUT2D eigenvalue weighted by Crippen LogP contribution is -2.49. The molecule has 1 unspecified atom stereocenters. The number of likely N-dealkylation sites (tertiary alicyclic amines) is 1. The van der Waals surface area contributed by atoms with Gasteiger partial charge in [-0.25, -0.2) is 9.78 Å². The number of carbonyl (C=O) groups is 1. The SMILES string of the molecule is CC(C)(C(=O)N1CCC[C@@H](n2c(=O)[nH]c3cnc4[nH]ccc4c32)C1)C(O)c1ccccc1. The molecule has 4 aromatic rings. The molecule has 0 aliphatic carbocycles. The van der Waals surface area contributed by atoms with Gasteiger partial charge in [-0.15, -0.1) is 0 Å². The van der Waals surface area contributed by atoms with Crippen molar-refractivity contribution in [3.05, 3.63) is 64.8 Å². The number of nitrogens with one attached hydrogen (secondary N) is 2. The zero-order chi connectivity index (χ0) is 22.5. The van der Waals surface area contributed by atoms with Gasteiger partial charge in [0, 0.05) is 24.7 Å². The van der Waals surface area contributed by atoms with Crippen LogP contribution < -0.4 is 5.69 Å². The van der Waals surface area contributed by atoms with Crippen LogP contribution in [0.1, 0.15) is 44.4 Å². The zero-order valence-corrected chi connectivity index (χ0v) is 18.2. The van der Waals surface area contributed by atoms with Gasteiger partial charge in [-0.05, 0) is 38.3 Å². The van der Waals surface area contributed by atoms with E-state index in [0.29, 0.717) is 18.6 Å². The normalized spacial score (nSPS) is 18.3. The minimum absolute atomic E-state index is 0.111. The van der Waals surface area contributed by atoms with Crippen molar-refractivity contribution in [3.63, 3.8) is 0 Å².